The topological polar surface area (TPSA) is 61.4 Å². The zero-order valence-electron chi connectivity index (χ0n) is 12.6. The van der Waals surface area contributed by atoms with Crippen molar-refractivity contribution in [3.63, 3.8) is 0 Å². The van der Waals surface area contributed by atoms with E-state index in [-0.39, 0.29) is 18.7 Å². The van der Waals surface area contributed by atoms with Gasteiger partial charge < -0.3 is 15.7 Å². The molecule has 0 heterocycles. The van der Waals surface area contributed by atoms with Gasteiger partial charge in [0.05, 0.1) is 0 Å². The lowest BCUT2D eigenvalue weighted by Crippen LogP contribution is -2.41. The van der Waals surface area contributed by atoms with Crippen molar-refractivity contribution < 1.29 is 9.90 Å². The number of aliphatic hydroxyl groups excluding tert-OH is 1. The van der Waals surface area contributed by atoms with Crippen molar-refractivity contribution in [2.24, 2.45) is 5.92 Å². The van der Waals surface area contributed by atoms with Gasteiger partial charge in [0.15, 0.2) is 0 Å². The predicted octanol–water partition coefficient (Wildman–Crippen LogP) is 3.56. The summed E-state index contributed by atoms with van der Waals surface area (Å²) in [7, 11) is 0. The maximum absolute atomic E-state index is 11.8. The first-order valence-electron chi connectivity index (χ1n) is 7.61. The molecule has 122 valence electrons. The quantitative estimate of drug-likeness (QED) is 0.708. The minimum atomic E-state index is -0.154. The van der Waals surface area contributed by atoms with Crippen LogP contribution in [0.4, 0.5) is 4.79 Å². The zero-order chi connectivity index (χ0) is 16.1. The van der Waals surface area contributed by atoms with E-state index in [1.807, 2.05) is 19.1 Å². The third kappa shape index (κ3) is 5.04. The van der Waals surface area contributed by atoms with Crippen LogP contribution in [-0.4, -0.2) is 30.3 Å². The van der Waals surface area contributed by atoms with E-state index in [0.717, 1.165) is 18.4 Å². The molecule has 6 heteroatoms. The van der Waals surface area contributed by atoms with Crippen molar-refractivity contribution in [2.75, 3.05) is 13.2 Å². The number of urea groups is 1. The normalized spacial score (nSPS) is 21.3. The predicted molar refractivity (Wildman–Crippen MR) is 89.6 cm³/mol. The third-order valence-electron chi connectivity index (χ3n) is 3.98. The van der Waals surface area contributed by atoms with Crippen LogP contribution in [0.25, 0.3) is 0 Å². The van der Waals surface area contributed by atoms with Gasteiger partial charge in [-0.3, -0.25) is 0 Å². The lowest BCUT2D eigenvalue weighted by atomic mass is 10.1. The second-order valence-electron chi connectivity index (χ2n) is 5.89. The van der Waals surface area contributed by atoms with Crippen LogP contribution in [0.5, 0.6) is 0 Å². The largest absolute Gasteiger partial charge is 0.396 e. The number of aliphatic hydroxyl groups is 1. The summed E-state index contributed by atoms with van der Waals surface area (Å²) in [5.41, 5.74) is 1.11. The molecule has 3 atom stereocenters. The molecule has 0 radical (unpaired) electrons. The Kier molecular flexibility index (Phi) is 6.36. The molecule has 0 saturated heterocycles. The zero-order valence-corrected chi connectivity index (χ0v) is 14.1. The SMILES string of the molecule is CC(CCCO)NC(=O)NCC1CC1c1ccc(Cl)cc1Cl. The van der Waals surface area contributed by atoms with Crippen LogP contribution >= 0.6 is 23.2 Å². The fourth-order valence-corrected chi connectivity index (χ4v) is 3.17. The molecule has 1 saturated carbocycles. The molecule has 0 spiro atoms. The highest BCUT2D eigenvalue weighted by molar-refractivity contribution is 6.35. The molecule has 0 bridgehead atoms. The van der Waals surface area contributed by atoms with Crippen molar-refractivity contribution in [3.8, 4) is 0 Å². The van der Waals surface area contributed by atoms with Gasteiger partial charge in [-0.25, -0.2) is 4.79 Å². The summed E-state index contributed by atoms with van der Waals surface area (Å²) in [5.74, 6) is 0.828. The monoisotopic (exact) mass is 344 g/mol. The van der Waals surface area contributed by atoms with E-state index < -0.39 is 0 Å². The van der Waals surface area contributed by atoms with Crippen molar-refractivity contribution in [1.29, 1.82) is 0 Å². The van der Waals surface area contributed by atoms with E-state index in [9.17, 15) is 4.79 Å². The lowest BCUT2D eigenvalue weighted by Gasteiger charge is -2.14. The Morgan fingerprint density at radius 1 is 1.45 bits per heavy atom. The van der Waals surface area contributed by atoms with Crippen molar-refractivity contribution in [1.82, 2.24) is 10.6 Å². The first kappa shape index (κ1) is 17.4. The number of hydrogen-bond donors (Lipinski definition) is 3. The summed E-state index contributed by atoms with van der Waals surface area (Å²) in [4.78, 5) is 11.8. The van der Waals surface area contributed by atoms with E-state index in [4.69, 9.17) is 28.3 Å². The smallest absolute Gasteiger partial charge is 0.315 e. The highest BCUT2D eigenvalue weighted by Crippen LogP contribution is 2.49. The summed E-state index contributed by atoms with van der Waals surface area (Å²) in [6.07, 6.45) is 2.50. The van der Waals surface area contributed by atoms with Gasteiger partial charge in [0, 0.05) is 29.2 Å². The van der Waals surface area contributed by atoms with Gasteiger partial charge in [0.2, 0.25) is 0 Å². The Balaban J connectivity index is 1.72. The maximum atomic E-state index is 11.8. The van der Waals surface area contributed by atoms with Crippen molar-refractivity contribution in [3.05, 3.63) is 33.8 Å². The Morgan fingerprint density at radius 3 is 2.91 bits per heavy atom. The van der Waals surface area contributed by atoms with Gasteiger partial charge in [-0.05, 0) is 55.7 Å². The van der Waals surface area contributed by atoms with Crippen molar-refractivity contribution >= 4 is 29.2 Å². The summed E-state index contributed by atoms with van der Waals surface area (Å²) in [5, 5.41) is 15.9. The van der Waals surface area contributed by atoms with Crippen LogP contribution in [0.3, 0.4) is 0 Å². The Bertz CT molecular complexity index is 525. The van der Waals surface area contributed by atoms with Crippen LogP contribution < -0.4 is 10.6 Å². The van der Waals surface area contributed by atoms with Gasteiger partial charge in [-0.15, -0.1) is 0 Å². The molecule has 2 amide bonds. The van der Waals surface area contributed by atoms with E-state index in [2.05, 4.69) is 10.6 Å². The molecule has 1 aromatic carbocycles. The van der Waals surface area contributed by atoms with Gasteiger partial charge in [-0.1, -0.05) is 29.3 Å². The molecular formula is C16H22Cl2N2O2. The second kappa shape index (κ2) is 8.04. The lowest BCUT2D eigenvalue weighted by molar-refractivity contribution is 0.234. The van der Waals surface area contributed by atoms with E-state index >= 15 is 0 Å². The van der Waals surface area contributed by atoms with E-state index in [1.165, 1.54) is 0 Å². The van der Waals surface area contributed by atoms with Crippen LogP contribution in [0.2, 0.25) is 10.0 Å². The van der Waals surface area contributed by atoms with E-state index in [0.29, 0.717) is 34.8 Å². The molecule has 0 aliphatic heterocycles. The maximum Gasteiger partial charge on any atom is 0.315 e. The summed E-state index contributed by atoms with van der Waals surface area (Å²) < 4.78 is 0. The number of benzene rings is 1. The molecule has 3 unspecified atom stereocenters. The van der Waals surface area contributed by atoms with Crippen LogP contribution in [0.15, 0.2) is 18.2 Å². The average Bonchev–Trinajstić information content (AvgIpc) is 3.22. The van der Waals surface area contributed by atoms with Crippen LogP contribution in [0, 0.1) is 5.92 Å². The number of carbonyl (C=O) groups excluding carboxylic acids is 1. The number of carbonyl (C=O) groups is 1. The van der Waals surface area contributed by atoms with Crippen LogP contribution in [-0.2, 0) is 0 Å². The first-order valence-corrected chi connectivity index (χ1v) is 8.37. The van der Waals surface area contributed by atoms with Gasteiger partial charge in [0.1, 0.15) is 0 Å². The molecule has 1 aliphatic rings. The Hall–Kier alpha value is -0.970. The molecule has 1 aliphatic carbocycles. The number of amides is 2. The minimum Gasteiger partial charge on any atom is -0.396 e. The fourth-order valence-electron chi connectivity index (χ4n) is 2.62. The molecule has 1 fully saturated rings. The van der Waals surface area contributed by atoms with Gasteiger partial charge in [0.25, 0.3) is 0 Å². The minimum absolute atomic E-state index is 0.0628. The highest BCUT2D eigenvalue weighted by Gasteiger charge is 2.39. The molecule has 3 N–H and O–H groups in total. The van der Waals surface area contributed by atoms with Crippen LogP contribution in [0.1, 0.15) is 37.7 Å². The molecule has 4 nitrogen and oxygen atoms in total. The average molecular weight is 345 g/mol. The molecular weight excluding hydrogens is 323 g/mol. The van der Waals surface area contributed by atoms with Crippen molar-refractivity contribution in [2.45, 2.75) is 38.1 Å². The molecule has 0 aromatic heterocycles. The summed E-state index contributed by atoms with van der Waals surface area (Å²) in [6.45, 7) is 2.73. The second-order valence-corrected chi connectivity index (χ2v) is 6.73. The van der Waals surface area contributed by atoms with Gasteiger partial charge >= 0.3 is 6.03 Å². The Labute approximate surface area is 141 Å². The van der Waals surface area contributed by atoms with Gasteiger partial charge in [-0.2, -0.15) is 0 Å². The third-order valence-corrected chi connectivity index (χ3v) is 4.54. The number of halogens is 2. The molecule has 1 aromatic rings. The highest BCUT2D eigenvalue weighted by atomic mass is 35.5. The molecule has 2 rings (SSSR count). The molecule has 22 heavy (non-hydrogen) atoms. The number of nitrogens with one attached hydrogen (secondary N) is 2. The first-order chi connectivity index (χ1) is 10.5. The summed E-state index contributed by atoms with van der Waals surface area (Å²) >= 11 is 12.1. The standard InChI is InChI=1S/C16H22Cl2N2O2/c1-10(3-2-6-21)20-16(22)19-9-11-7-14(11)13-5-4-12(17)8-15(13)18/h4-5,8,10-11,14,21H,2-3,6-7,9H2,1H3,(H2,19,20,22). The number of hydrogen-bond acceptors (Lipinski definition) is 2. The fraction of sp³-hybridized carbons (Fsp3) is 0.562. The summed E-state index contributed by atoms with van der Waals surface area (Å²) in [6, 6.07) is 5.48. The van der Waals surface area contributed by atoms with E-state index in [1.54, 1.807) is 6.07 Å². The number of rotatable bonds is 7. The Morgan fingerprint density at radius 2 is 2.23 bits per heavy atom.